The van der Waals surface area contributed by atoms with Crippen LogP contribution >= 0.6 is 0 Å². The van der Waals surface area contributed by atoms with Crippen molar-refractivity contribution in [3.8, 4) is 11.5 Å². The number of aliphatic imine (C=N–C) groups is 2. The van der Waals surface area contributed by atoms with Crippen molar-refractivity contribution in [3.63, 3.8) is 0 Å². The van der Waals surface area contributed by atoms with Crippen LogP contribution in [0.2, 0.25) is 39.3 Å². The molecule has 1 saturated carbocycles. The highest BCUT2D eigenvalue weighted by Gasteiger charge is 2.27. The maximum Gasteiger partial charge on any atom is 0.128 e. The molecular formula is C34H54N2O2Si2. The normalized spacial score (nSPS) is 19.6. The summed E-state index contributed by atoms with van der Waals surface area (Å²) in [6.45, 7) is 27.0. The van der Waals surface area contributed by atoms with Crippen molar-refractivity contribution in [1.82, 2.24) is 0 Å². The van der Waals surface area contributed by atoms with Crippen LogP contribution in [0.4, 0.5) is 0 Å². The van der Waals surface area contributed by atoms with Gasteiger partial charge in [0.15, 0.2) is 0 Å². The van der Waals surface area contributed by atoms with Gasteiger partial charge < -0.3 is 10.2 Å². The molecule has 40 heavy (non-hydrogen) atoms. The van der Waals surface area contributed by atoms with Crippen LogP contribution in [0, 0.1) is 0 Å². The first-order valence-corrected chi connectivity index (χ1v) is 22.0. The van der Waals surface area contributed by atoms with Crippen LogP contribution in [0.25, 0.3) is 0 Å². The number of hydrogen-bond acceptors (Lipinski definition) is 4. The van der Waals surface area contributed by atoms with Gasteiger partial charge in [0.05, 0.1) is 28.2 Å². The molecule has 1 fully saturated rings. The van der Waals surface area contributed by atoms with E-state index in [1.807, 2.05) is 12.4 Å². The van der Waals surface area contributed by atoms with Crippen molar-refractivity contribution >= 4 is 39.0 Å². The van der Waals surface area contributed by atoms with E-state index in [9.17, 15) is 10.2 Å². The van der Waals surface area contributed by atoms with Gasteiger partial charge in [0.25, 0.3) is 0 Å². The third-order valence-corrected chi connectivity index (χ3v) is 12.2. The van der Waals surface area contributed by atoms with Crippen molar-refractivity contribution in [3.05, 3.63) is 46.5 Å². The average Bonchev–Trinajstić information content (AvgIpc) is 2.80. The number of phenolic OH excluding ortho intramolecular Hbond substituents is 2. The number of nitrogens with zero attached hydrogens (tertiary/aromatic N) is 2. The molecule has 0 aliphatic heterocycles. The van der Waals surface area contributed by atoms with Crippen LogP contribution in [0.5, 0.6) is 11.5 Å². The van der Waals surface area contributed by atoms with Crippen LogP contribution < -0.4 is 10.4 Å². The number of rotatable bonds is 6. The maximum absolute atomic E-state index is 11.1. The van der Waals surface area contributed by atoms with Crippen LogP contribution in [0.3, 0.4) is 0 Å². The molecule has 2 N–H and O–H groups in total. The lowest BCUT2D eigenvalue weighted by Gasteiger charge is -2.27. The molecule has 4 nitrogen and oxygen atoms in total. The minimum Gasteiger partial charge on any atom is -0.507 e. The molecule has 220 valence electrons. The predicted octanol–water partition coefficient (Wildman–Crippen LogP) is 7.63. The van der Waals surface area contributed by atoms with Crippen molar-refractivity contribution in [2.75, 3.05) is 0 Å². The van der Waals surface area contributed by atoms with Crippen LogP contribution in [-0.2, 0) is 10.8 Å². The lowest BCUT2D eigenvalue weighted by molar-refractivity contribution is 0.399. The Morgan fingerprint density at radius 2 is 0.900 bits per heavy atom. The Bertz CT molecular complexity index is 1160. The van der Waals surface area contributed by atoms with Gasteiger partial charge in [-0.25, -0.2) is 0 Å². The predicted molar refractivity (Wildman–Crippen MR) is 181 cm³/mol. The zero-order valence-electron chi connectivity index (χ0n) is 27.2. The smallest absolute Gasteiger partial charge is 0.128 e. The maximum atomic E-state index is 11.1. The van der Waals surface area contributed by atoms with Crippen molar-refractivity contribution in [1.29, 1.82) is 0 Å². The first-order valence-electron chi connectivity index (χ1n) is 15.0. The monoisotopic (exact) mass is 578 g/mol. The van der Waals surface area contributed by atoms with E-state index in [1.165, 1.54) is 10.4 Å². The molecule has 0 spiro atoms. The Morgan fingerprint density at radius 3 is 1.15 bits per heavy atom. The standard InChI is InChI=1S/C34H54N2O2Si2/c1-33(2,3)29-19-27(39(7,8)9)17-23(31(29)37)21-35-25-13-15-26(16-14-25)36-22-24-18-28(40(10,11)12)20-30(32(24)38)34(4,5)6/h17-22,25-26,37-38H,13-16H2,1-12H3. The highest BCUT2D eigenvalue weighted by atomic mass is 28.3. The van der Waals surface area contributed by atoms with Gasteiger partial charge >= 0.3 is 0 Å². The largest absolute Gasteiger partial charge is 0.507 e. The summed E-state index contributed by atoms with van der Waals surface area (Å²) in [4.78, 5) is 9.90. The molecule has 1 aliphatic carbocycles. The van der Waals surface area contributed by atoms with E-state index in [4.69, 9.17) is 9.98 Å². The lowest BCUT2D eigenvalue weighted by Crippen LogP contribution is -2.38. The molecule has 0 amide bonds. The molecule has 0 atom stereocenters. The quantitative estimate of drug-likeness (QED) is 0.273. The number of phenols is 2. The number of aromatic hydroxyl groups is 2. The van der Waals surface area contributed by atoms with E-state index < -0.39 is 16.1 Å². The molecular weight excluding hydrogens is 525 g/mol. The van der Waals surface area contributed by atoms with E-state index in [0.29, 0.717) is 11.5 Å². The summed E-state index contributed by atoms with van der Waals surface area (Å²) < 4.78 is 0. The molecule has 2 aromatic rings. The summed E-state index contributed by atoms with van der Waals surface area (Å²) in [5.41, 5.74) is 3.44. The van der Waals surface area contributed by atoms with Gasteiger partial charge in [0.1, 0.15) is 11.5 Å². The fourth-order valence-electron chi connectivity index (χ4n) is 5.25. The first-order chi connectivity index (χ1) is 18.2. The Kier molecular flexibility index (Phi) is 9.37. The Balaban J connectivity index is 1.77. The fraction of sp³-hybridized carbons (Fsp3) is 0.588. The van der Waals surface area contributed by atoms with Gasteiger partial charge in [0.2, 0.25) is 0 Å². The van der Waals surface area contributed by atoms with E-state index >= 15 is 0 Å². The van der Waals surface area contributed by atoms with Gasteiger partial charge in [-0.15, -0.1) is 0 Å². The zero-order valence-corrected chi connectivity index (χ0v) is 29.2. The Labute approximate surface area is 246 Å². The zero-order chi connectivity index (χ0) is 30.3. The molecule has 0 saturated heterocycles. The fourth-order valence-corrected chi connectivity index (χ4v) is 7.58. The van der Waals surface area contributed by atoms with Gasteiger partial charge in [-0.3, -0.25) is 9.98 Å². The minimum atomic E-state index is -1.55. The minimum absolute atomic E-state index is 0.130. The second kappa shape index (κ2) is 11.6. The van der Waals surface area contributed by atoms with Gasteiger partial charge in [-0.2, -0.15) is 0 Å². The number of benzene rings is 2. The van der Waals surface area contributed by atoms with E-state index in [-0.39, 0.29) is 22.9 Å². The summed E-state index contributed by atoms with van der Waals surface area (Å²) in [5.74, 6) is 0.734. The molecule has 3 rings (SSSR count). The molecule has 0 bridgehead atoms. The Morgan fingerprint density at radius 1 is 0.600 bits per heavy atom. The highest BCUT2D eigenvalue weighted by molar-refractivity contribution is 6.89. The SMILES string of the molecule is CC(C)(C)c1cc([Si](C)(C)C)cc(C=NC2CCC(N=Cc3cc([Si](C)(C)C)cc(C(C)(C)C)c3O)CC2)c1O. The highest BCUT2D eigenvalue weighted by Crippen LogP contribution is 2.34. The molecule has 1 aliphatic rings. The third-order valence-electron chi connectivity index (χ3n) is 8.14. The lowest BCUT2D eigenvalue weighted by atomic mass is 9.85. The molecule has 0 heterocycles. The topological polar surface area (TPSA) is 65.2 Å². The molecule has 0 aromatic heterocycles. The summed E-state index contributed by atoms with van der Waals surface area (Å²) >= 11 is 0. The summed E-state index contributed by atoms with van der Waals surface area (Å²) in [6, 6.07) is 9.23. The van der Waals surface area contributed by atoms with Gasteiger partial charge in [-0.05, 0) is 47.6 Å². The van der Waals surface area contributed by atoms with Crippen LogP contribution in [0.15, 0.2) is 34.3 Å². The summed E-state index contributed by atoms with van der Waals surface area (Å²) in [5, 5.41) is 24.9. The average molecular weight is 579 g/mol. The van der Waals surface area contributed by atoms with E-state index in [0.717, 1.165) is 47.9 Å². The first kappa shape index (κ1) is 32.3. The molecule has 0 unspecified atom stereocenters. The van der Waals surface area contributed by atoms with E-state index in [2.05, 4.69) is 105 Å². The second-order valence-corrected chi connectivity index (χ2v) is 26.1. The summed E-state index contributed by atoms with van der Waals surface area (Å²) in [7, 11) is -3.10. The van der Waals surface area contributed by atoms with Crippen molar-refractivity contribution in [2.45, 2.75) is 129 Å². The Hall–Kier alpha value is -2.19. The van der Waals surface area contributed by atoms with Gasteiger partial charge in [-0.1, -0.05) is 115 Å². The summed E-state index contributed by atoms with van der Waals surface area (Å²) in [6.07, 6.45) is 7.74. The third kappa shape index (κ3) is 7.97. The molecule has 6 heteroatoms. The number of hydrogen-bond donors (Lipinski definition) is 2. The van der Waals surface area contributed by atoms with Crippen LogP contribution in [0.1, 0.15) is 89.5 Å². The molecule has 0 radical (unpaired) electrons. The van der Waals surface area contributed by atoms with E-state index in [1.54, 1.807) is 0 Å². The van der Waals surface area contributed by atoms with Crippen molar-refractivity contribution in [2.24, 2.45) is 9.98 Å². The van der Waals surface area contributed by atoms with Crippen LogP contribution in [-0.4, -0.2) is 50.9 Å². The van der Waals surface area contributed by atoms with Crippen molar-refractivity contribution < 1.29 is 10.2 Å². The van der Waals surface area contributed by atoms with Gasteiger partial charge in [0, 0.05) is 23.6 Å². The molecule has 2 aromatic carbocycles. The second-order valence-electron chi connectivity index (χ2n) is 15.9.